The topological polar surface area (TPSA) is 161 Å². The van der Waals surface area contributed by atoms with Crippen molar-refractivity contribution in [2.45, 2.75) is 31.2 Å². The number of H-pyrrole nitrogens is 3. The number of hydrogen-bond donors (Lipinski definition) is 3. The molecule has 4 aliphatic heterocycles. The lowest BCUT2D eigenvalue weighted by atomic mass is 9.76. The zero-order valence-corrected chi connectivity index (χ0v) is 72.2. The van der Waals surface area contributed by atoms with Gasteiger partial charge in [-0.25, -0.2) is 0 Å². The molecule has 0 radical (unpaired) electrons. The summed E-state index contributed by atoms with van der Waals surface area (Å²) in [5.74, 6) is 0.265. The minimum atomic E-state index is -0.171. The molecule has 12 heterocycles. The fraction of sp³-hybridized carbons (Fsp3) is 0.0410. The minimum Gasteiger partial charge on any atom is -0.361 e. The average Bonchev–Trinajstić information content (AvgIpc) is 1.52. The summed E-state index contributed by atoms with van der Waals surface area (Å²) < 4.78 is 0. The van der Waals surface area contributed by atoms with E-state index in [-0.39, 0.29) is 12.0 Å². The van der Waals surface area contributed by atoms with E-state index >= 15 is 0 Å². The number of nitrogens with one attached hydrogen (secondary N) is 3. The number of aliphatic imine (C=N–C) groups is 4. The van der Waals surface area contributed by atoms with E-state index in [0.29, 0.717) is 0 Å². The van der Waals surface area contributed by atoms with Crippen LogP contribution in [0.5, 0.6) is 0 Å². The summed E-state index contributed by atoms with van der Waals surface area (Å²) >= 11 is 0. The van der Waals surface area contributed by atoms with Gasteiger partial charge in [-0.3, -0.25) is 44.9 Å². The lowest BCUT2D eigenvalue weighted by Crippen LogP contribution is -2.12. The van der Waals surface area contributed by atoms with Crippen LogP contribution in [-0.2, 0) is 19.3 Å². The molecule has 0 saturated carbocycles. The summed E-state index contributed by atoms with van der Waals surface area (Å²) in [4.78, 5) is 53.8. The highest BCUT2D eigenvalue weighted by Gasteiger charge is 2.39. The smallest absolute Gasteiger partial charge is 0.0971 e. The molecule has 32 rings (SSSR count). The Labute approximate surface area is 766 Å². The molecule has 134 heavy (non-hydrogen) atoms. The van der Waals surface area contributed by atoms with Crippen molar-refractivity contribution in [3.05, 3.63) is 458 Å². The van der Waals surface area contributed by atoms with Gasteiger partial charge in [0.1, 0.15) is 0 Å². The number of aromatic amines is 3. The SMILES string of the molecule is C1=CC2C3=C(Cc4c[nH]c(C=c5ncc6cc7c8ccccc8c8cccc(c56)c87)c42)c2ccccc2C3=C1.C1=N/C(=C\C2N=Cc3c2c2cccnc2c2ncccc32)c2c1c1cccnc1c1ncccc21.C1=N/C(=C\c2[nH]cc3c2-c2ccccc2C3)C2=C1Cc1ccccc12.C1=N/C(=C\c2[nH]cc3c4ccccc4c4ccccc4c23)c2c1c1ccccc1c1ccccc21. The maximum Gasteiger partial charge on any atom is 0.0971 e. The summed E-state index contributed by atoms with van der Waals surface area (Å²) in [7, 11) is 0. The van der Waals surface area contributed by atoms with Crippen LogP contribution in [0.25, 0.3) is 198 Å². The second-order valence-corrected chi connectivity index (χ2v) is 36.1. The van der Waals surface area contributed by atoms with Gasteiger partial charge in [0.15, 0.2) is 0 Å². The summed E-state index contributed by atoms with van der Waals surface area (Å²) in [5, 5.41) is 28.3. The molecular formula is C122H74N12. The first-order chi connectivity index (χ1) is 66.5. The van der Waals surface area contributed by atoms with Crippen molar-refractivity contribution in [3.8, 4) is 11.1 Å². The molecule has 5 aliphatic carbocycles. The van der Waals surface area contributed by atoms with Crippen molar-refractivity contribution in [2.75, 3.05) is 0 Å². The molecule has 0 amide bonds. The molecule has 0 spiro atoms. The van der Waals surface area contributed by atoms with Crippen molar-refractivity contribution in [1.82, 2.24) is 39.9 Å². The number of pyridine rings is 4. The number of nitrogens with zero attached hydrogens (tertiary/aromatic N) is 9. The van der Waals surface area contributed by atoms with E-state index in [4.69, 9.17) is 25.0 Å². The van der Waals surface area contributed by atoms with Crippen molar-refractivity contribution in [2.24, 2.45) is 20.0 Å². The molecule has 12 nitrogen and oxygen atoms in total. The summed E-state index contributed by atoms with van der Waals surface area (Å²) in [6, 6.07) is 94.9. The second-order valence-electron chi connectivity index (χ2n) is 36.1. The van der Waals surface area contributed by atoms with Gasteiger partial charge in [0, 0.05) is 199 Å². The third-order valence-electron chi connectivity index (χ3n) is 29.3. The van der Waals surface area contributed by atoms with Crippen LogP contribution in [0.4, 0.5) is 0 Å². The number of fused-ring (bicyclic) bond motifs is 39. The Bertz CT molecular complexity index is 9700. The van der Waals surface area contributed by atoms with Gasteiger partial charge in [-0.1, -0.05) is 255 Å². The van der Waals surface area contributed by atoms with Crippen molar-refractivity contribution in [3.63, 3.8) is 0 Å². The van der Waals surface area contributed by atoms with Crippen molar-refractivity contribution < 1.29 is 0 Å². The molecule has 0 bridgehead atoms. The van der Waals surface area contributed by atoms with Gasteiger partial charge in [-0.15, -0.1) is 0 Å². The molecule has 0 fully saturated rings. The molecule has 2 unspecified atom stereocenters. The quantitative estimate of drug-likeness (QED) is 0.149. The number of rotatable bonds is 4. The Morgan fingerprint density at radius 2 is 0.843 bits per heavy atom. The van der Waals surface area contributed by atoms with Crippen LogP contribution in [0.1, 0.15) is 107 Å². The lowest BCUT2D eigenvalue weighted by molar-refractivity contribution is 0.953. The Morgan fingerprint density at radius 3 is 1.60 bits per heavy atom. The third kappa shape index (κ3) is 11.0. The Balaban J connectivity index is 0.0000000880. The number of hydrogen-bond acceptors (Lipinski definition) is 9. The number of allylic oxidation sites excluding steroid dienone is 8. The highest BCUT2D eigenvalue weighted by atomic mass is 14.9. The van der Waals surface area contributed by atoms with E-state index in [1.807, 2.05) is 73.9 Å². The number of aromatic nitrogens is 8. The lowest BCUT2D eigenvalue weighted by Gasteiger charge is -2.27. The fourth-order valence-corrected chi connectivity index (χ4v) is 23.7. The first-order valence-corrected chi connectivity index (χ1v) is 45.9. The van der Waals surface area contributed by atoms with Crippen LogP contribution in [0.15, 0.2) is 378 Å². The number of benzene rings is 14. The Hall–Kier alpha value is -17.6. The molecule has 23 aromatic rings. The van der Waals surface area contributed by atoms with Gasteiger partial charge < -0.3 is 15.0 Å². The normalized spacial score (nSPS) is 16.8. The van der Waals surface area contributed by atoms with Gasteiger partial charge >= 0.3 is 0 Å². The van der Waals surface area contributed by atoms with E-state index in [1.54, 1.807) is 0 Å². The van der Waals surface area contributed by atoms with Crippen molar-refractivity contribution >= 4 is 212 Å². The van der Waals surface area contributed by atoms with Crippen LogP contribution in [-0.4, -0.2) is 64.7 Å². The summed E-state index contributed by atoms with van der Waals surface area (Å²) in [5.41, 5.74) is 37.7. The van der Waals surface area contributed by atoms with Gasteiger partial charge in [-0.05, 0) is 208 Å². The van der Waals surface area contributed by atoms with Crippen LogP contribution < -0.4 is 5.35 Å². The largest absolute Gasteiger partial charge is 0.361 e. The highest BCUT2D eigenvalue weighted by Crippen LogP contribution is 2.56. The third-order valence-corrected chi connectivity index (χ3v) is 29.3. The Kier molecular flexibility index (Phi) is 16.1. The monoisotopic (exact) mass is 1710 g/mol. The second kappa shape index (κ2) is 28.9. The maximum absolute atomic E-state index is 4.98. The van der Waals surface area contributed by atoms with E-state index < -0.39 is 0 Å². The van der Waals surface area contributed by atoms with Crippen LogP contribution in [0, 0.1) is 0 Å². The van der Waals surface area contributed by atoms with Gasteiger partial charge in [-0.2, -0.15) is 0 Å². The molecular weight excluding hydrogens is 1630 g/mol. The molecule has 622 valence electrons. The van der Waals surface area contributed by atoms with E-state index in [9.17, 15) is 0 Å². The predicted octanol–water partition coefficient (Wildman–Crippen LogP) is 27.6. The van der Waals surface area contributed by atoms with Crippen molar-refractivity contribution in [1.29, 1.82) is 0 Å². The minimum absolute atomic E-state index is 0.171. The van der Waals surface area contributed by atoms with Crippen LogP contribution in [0.3, 0.4) is 0 Å². The first kappa shape index (κ1) is 74.3. The molecule has 9 aliphatic rings. The zero-order valence-electron chi connectivity index (χ0n) is 72.2. The Morgan fingerprint density at radius 1 is 0.321 bits per heavy atom. The van der Waals surface area contributed by atoms with E-state index in [0.717, 1.165) is 113 Å². The van der Waals surface area contributed by atoms with E-state index in [2.05, 4.69) is 345 Å². The standard InChI is InChI=1S/C37H22N2.C33H20N2.C29H16N6.C23H16N2/c1-3-9-24-22(7-1)26-11-5-13-28-34-20(15-30(24)36(26)28)18-38-32(34)17-33-35-21(19-39-33)16-31-25-10-4-2-8-23(25)27-12-6-14-29(35)37(27)31;1-3-13-24-20(9-1)22-11-5-7-15-26(22)32-28(24)18-34-30(32)17-31-33-27-16-8-6-12-23(27)21-10-2-4-14-25(21)29(33)19-35-31;1-5-16-20-14-34-22(24(20)18-7-3-11-32-28(18)26(16)30-9-1)13-23-25-19-8-4-12-33-29(19)27-17(6-2-10-31-27)21(25)15-35-23;1-3-7-18-14(5-1)9-16-12-24-20(22(16)18)11-21-23-17(13-25-21)10-15-6-2-4-8-19(15)23/h1-15,17-19,29,39H,16H2;1-19,34H;1-15,22H;1-8,11-13,24H,9-10H2/b;31-17-;23-13-;21-11-. The summed E-state index contributed by atoms with van der Waals surface area (Å²) in [6.07, 6.45) is 42.6. The molecule has 2 atom stereocenters. The van der Waals surface area contributed by atoms with Crippen LogP contribution >= 0.6 is 0 Å². The predicted molar refractivity (Wildman–Crippen MR) is 555 cm³/mol. The van der Waals surface area contributed by atoms with Gasteiger partial charge in [0.05, 0.1) is 50.5 Å². The molecule has 15 aromatic carbocycles. The molecule has 3 N–H and O–H groups in total. The zero-order chi connectivity index (χ0) is 87.5. The van der Waals surface area contributed by atoms with Crippen LogP contribution in [0.2, 0.25) is 0 Å². The molecule has 8 aromatic heterocycles. The molecule has 12 heteroatoms. The first-order valence-electron chi connectivity index (χ1n) is 45.9. The van der Waals surface area contributed by atoms with E-state index in [1.165, 1.54) is 203 Å². The molecule has 0 saturated heterocycles. The highest BCUT2D eigenvalue weighted by molar-refractivity contribution is 6.35. The fourth-order valence-electron chi connectivity index (χ4n) is 23.7. The average molecular weight is 1710 g/mol. The van der Waals surface area contributed by atoms with Gasteiger partial charge in [0.25, 0.3) is 0 Å². The maximum atomic E-state index is 4.98. The summed E-state index contributed by atoms with van der Waals surface area (Å²) in [6.45, 7) is 0. The van der Waals surface area contributed by atoms with Gasteiger partial charge in [0.2, 0.25) is 0 Å².